The molecule has 5 nitrogen and oxygen atoms in total. The molecule has 0 radical (unpaired) electrons. The third-order valence-corrected chi connectivity index (χ3v) is 7.25. The van der Waals surface area contributed by atoms with Gasteiger partial charge < -0.3 is 10.2 Å². The lowest BCUT2D eigenvalue weighted by molar-refractivity contribution is -0.147. The Bertz CT molecular complexity index is 1070. The van der Waals surface area contributed by atoms with Gasteiger partial charge in [0.25, 0.3) is 0 Å². The van der Waals surface area contributed by atoms with Gasteiger partial charge in [-0.15, -0.1) is 0 Å². The van der Waals surface area contributed by atoms with Crippen LogP contribution in [0, 0.1) is 21.7 Å². The highest BCUT2D eigenvalue weighted by Crippen LogP contribution is 2.36. The minimum Gasteiger partial charge on any atom is -0.481 e. The molecule has 0 saturated heterocycles. The van der Waals surface area contributed by atoms with Crippen molar-refractivity contribution in [1.29, 1.82) is 0 Å². The van der Waals surface area contributed by atoms with Gasteiger partial charge >= 0.3 is 5.97 Å². The van der Waals surface area contributed by atoms with Crippen LogP contribution in [0.4, 0.5) is 0 Å². The number of hydrogen-bond acceptors (Lipinski definition) is 4. The number of aliphatic hydroxyl groups is 1. The molecule has 0 saturated carbocycles. The molecule has 2 N–H and O–H groups in total. The number of ketones is 2. The first-order valence-electron chi connectivity index (χ1n) is 13.4. The van der Waals surface area contributed by atoms with Gasteiger partial charge in [-0.05, 0) is 68.9 Å². The largest absolute Gasteiger partial charge is 0.481 e. The van der Waals surface area contributed by atoms with Crippen LogP contribution in [0.25, 0.3) is 0 Å². The Balaban J connectivity index is 2.16. The number of rotatable bonds is 12. The third-order valence-electron chi connectivity index (χ3n) is 7.25. The Morgan fingerprint density at radius 1 is 0.784 bits per heavy atom. The molecule has 0 fully saturated rings. The van der Waals surface area contributed by atoms with E-state index >= 15 is 0 Å². The first-order chi connectivity index (χ1) is 16.9. The van der Waals surface area contributed by atoms with Gasteiger partial charge in [0.1, 0.15) is 0 Å². The van der Waals surface area contributed by atoms with Crippen LogP contribution in [0.15, 0.2) is 58.7 Å². The SMILES string of the molecule is CC1(C)C=C(/C=C\C2=CC(C)(C)C=C(CCCC(C)(C)C(=O)O)C2=O)C(=O)C(CCCC(C)(C)CO)=C1. The average molecular weight is 511 g/mol. The molecule has 0 aromatic rings. The molecule has 0 aromatic heterocycles. The van der Waals surface area contributed by atoms with Gasteiger partial charge in [-0.25, -0.2) is 0 Å². The zero-order valence-electron chi connectivity index (χ0n) is 24.0. The molecule has 204 valence electrons. The van der Waals surface area contributed by atoms with Crippen molar-refractivity contribution < 1.29 is 24.6 Å². The Morgan fingerprint density at radius 2 is 1.19 bits per heavy atom. The average Bonchev–Trinajstić information content (AvgIpc) is 2.76. The summed E-state index contributed by atoms with van der Waals surface area (Å²) in [5.74, 6) is -0.903. The summed E-state index contributed by atoms with van der Waals surface area (Å²) in [5.41, 5.74) is 1.05. The van der Waals surface area contributed by atoms with Crippen molar-refractivity contribution in [2.45, 2.75) is 93.9 Å². The van der Waals surface area contributed by atoms with Gasteiger partial charge in [0.15, 0.2) is 11.6 Å². The molecule has 0 spiro atoms. The summed E-state index contributed by atoms with van der Waals surface area (Å²) >= 11 is 0. The maximum Gasteiger partial charge on any atom is 0.309 e. The van der Waals surface area contributed by atoms with Gasteiger partial charge in [0.2, 0.25) is 0 Å². The highest BCUT2D eigenvalue weighted by Gasteiger charge is 2.30. The molecule has 0 unspecified atom stereocenters. The van der Waals surface area contributed by atoms with Gasteiger partial charge in [0.05, 0.1) is 5.41 Å². The maximum atomic E-state index is 13.3. The smallest absolute Gasteiger partial charge is 0.309 e. The number of allylic oxidation sites excluding steroid dienone is 10. The zero-order chi connectivity index (χ0) is 28.2. The van der Waals surface area contributed by atoms with Crippen LogP contribution in [0.2, 0.25) is 0 Å². The van der Waals surface area contributed by atoms with Crippen molar-refractivity contribution in [1.82, 2.24) is 0 Å². The molecule has 2 rings (SSSR count). The van der Waals surface area contributed by atoms with E-state index in [1.807, 2.05) is 52.0 Å². The molecule has 37 heavy (non-hydrogen) atoms. The fourth-order valence-corrected chi connectivity index (χ4v) is 4.88. The lowest BCUT2D eigenvalue weighted by Crippen LogP contribution is -2.24. The normalized spacial score (nSPS) is 19.9. The highest BCUT2D eigenvalue weighted by atomic mass is 16.4. The summed E-state index contributed by atoms with van der Waals surface area (Å²) < 4.78 is 0. The quantitative estimate of drug-likeness (QED) is 0.297. The molecular formula is C32H46O5. The number of aliphatic carboxylic acids is 1. The second kappa shape index (κ2) is 11.5. The monoisotopic (exact) mass is 510 g/mol. The first kappa shape index (κ1) is 30.7. The number of hydrogen-bond donors (Lipinski definition) is 2. The minimum absolute atomic E-state index is 0.00725. The number of aliphatic hydroxyl groups excluding tert-OH is 1. The number of Topliss-reactive ketones (excluding diaryl/α,β-unsaturated/α-hetero) is 2. The summed E-state index contributed by atoms with van der Waals surface area (Å²) in [4.78, 5) is 38.0. The van der Waals surface area contributed by atoms with Crippen LogP contribution in [0.5, 0.6) is 0 Å². The maximum absolute atomic E-state index is 13.3. The number of carbonyl (C=O) groups is 3. The van der Waals surface area contributed by atoms with Crippen molar-refractivity contribution in [3.63, 3.8) is 0 Å². The number of carboxylic acids is 1. The van der Waals surface area contributed by atoms with Gasteiger partial charge in [0, 0.05) is 28.6 Å². The van der Waals surface area contributed by atoms with Crippen LogP contribution >= 0.6 is 0 Å². The number of carbonyl (C=O) groups excluding carboxylic acids is 2. The Labute approximate surface area is 223 Å². The van der Waals surface area contributed by atoms with E-state index in [-0.39, 0.29) is 34.4 Å². The van der Waals surface area contributed by atoms with E-state index < -0.39 is 11.4 Å². The standard InChI is InChI=1S/C32H46O5/c1-29(2,21-33)15-9-11-22-17-30(3,4)19-24(26(22)34)13-14-25-20-31(5,6)18-23(27(25)35)12-10-16-32(7,8)28(36)37/h13-14,17-20,33H,9-12,15-16,21H2,1-8H3,(H,36,37)/b14-13-. The van der Waals surface area contributed by atoms with Crippen LogP contribution in [0.1, 0.15) is 93.9 Å². The second-order valence-corrected chi connectivity index (χ2v) is 13.4. The minimum atomic E-state index is -0.834. The van der Waals surface area contributed by atoms with Crippen LogP contribution in [0.3, 0.4) is 0 Å². The highest BCUT2D eigenvalue weighted by molar-refractivity contribution is 6.13. The van der Waals surface area contributed by atoms with E-state index in [4.69, 9.17) is 0 Å². The molecule has 0 amide bonds. The Kier molecular flexibility index (Phi) is 9.51. The van der Waals surface area contributed by atoms with Crippen LogP contribution < -0.4 is 0 Å². The van der Waals surface area contributed by atoms with Crippen molar-refractivity contribution in [3.8, 4) is 0 Å². The third kappa shape index (κ3) is 8.77. The van der Waals surface area contributed by atoms with Crippen molar-refractivity contribution in [2.75, 3.05) is 6.61 Å². The summed E-state index contributed by atoms with van der Waals surface area (Å²) in [6.07, 6.45) is 15.4. The second-order valence-electron chi connectivity index (χ2n) is 13.4. The molecular weight excluding hydrogens is 464 g/mol. The van der Waals surface area contributed by atoms with E-state index in [1.54, 1.807) is 26.0 Å². The van der Waals surface area contributed by atoms with E-state index in [9.17, 15) is 24.6 Å². The molecule has 0 aliphatic heterocycles. The lowest BCUT2D eigenvalue weighted by Gasteiger charge is -2.26. The Hall–Kier alpha value is -2.53. The van der Waals surface area contributed by atoms with E-state index in [1.165, 1.54) is 0 Å². The fourth-order valence-electron chi connectivity index (χ4n) is 4.88. The zero-order valence-corrected chi connectivity index (χ0v) is 24.0. The summed E-state index contributed by atoms with van der Waals surface area (Å²) in [6.45, 7) is 15.8. The van der Waals surface area contributed by atoms with Gasteiger partial charge in [-0.3, -0.25) is 14.4 Å². The summed E-state index contributed by atoms with van der Waals surface area (Å²) in [6, 6.07) is 0. The molecule has 0 aromatic carbocycles. The molecule has 0 bridgehead atoms. The van der Waals surface area contributed by atoms with Crippen LogP contribution in [-0.2, 0) is 14.4 Å². The predicted octanol–water partition coefficient (Wildman–Crippen LogP) is 6.94. The first-order valence-corrected chi connectivity index (χ1v) is 13.4. The molecule has 2 aliphatic carbocycles. The van der Waals surface area contributed by atoms with Gasteiger partial charge in [-0.1, -0.05) is 78.0 Å². The van der Waals surface area contributed by atoms with E-state index in [0.29, 0.717) is 42.4 Å². The van der Waals surface area contributed by atoms with Gasteiger partial charge in [-0.2, -0.15) is 0 Å². The van der Waals surface area contributed by atoms with Crippen molar-refractivity contribution in [3.05, 3.63) is 58.7 Å². The molecule has 0 heterocycles. The number of carboxylic acid groups (broad SMARTS) is 1. The van der Waals surface area contributed by atoms with E-state index in [2.05, 4.69) is 13.8 Å². The Morgan fingerprint density at radius 3 is 1.57 bits per heavy atom. The molecule has 2 aliphatic rings. The molecule has 0 atom stereocenters. The van der Waals surface area contributed by atoms with Crippen molar-refractivity contribution >= 4 is 17.5 Å². The fraction of sp³-hybridized carbons (Fsp3) is 0.594. The topological polar surface area (TPSA) is 91.7 Å². The molecule has 5 heteroatoms. The van der Waals surface area contributed by atoms with Crippen LogP contribution in [-0.4, -0.2) is 34.4 Å². The van der Waals surface area contributed by atoms with Crippen molar-refractivity contribution in [2.24, 2.45) is 21.7 Å². The predicted molar refractivity (Wildman–Crippen MR) is 149 cm³/mol. The van der Waals surface area contributed by atoms with E-state index in [0.717, 1.165) is 18.4 Å². The summed E-state index contributed by atoms with van der Waals surface area (Å²) in [7, 11) is 0. The summed E-state index contributed by atoms with van der Waals surface area (Å²) in [5, 5.41) is 18.9. The lowest BCUT2D eigenvalue weighted by atomic mass is 9.77.